The maximum Gasteiger partial charge on any atom is 0.164 e. The third-order valence-electron chi connectivity index (χ3n) is 12.2. The lowest BCUT2D eigenvalue weighted by Gasteiger charge is -2.39. The van der Waals surface area contributed by atoms with Crippen LogP contribution in [-0.2, 0) is 5.41 Å². The van der Waals surface area contributed by atoms with Crippen molar-refractivity contribution in [3.8, 4) is 78.9 Å². The minimum Gasteiger partial charge on any atom is -0.456 e. The van der Waals surface area contributed by atoms with Crippen LogP contribution < -0.4 is 4.74 Å². The fraction of sp³-hybridized carbons (Fsp3) is 0.0179. The first-order valence-corrected chi connectivity index (χ1v) is 20.4. The zero-order valence-corrected chi connectivity index (χ0v) is 32.5. The molecule has 12 rings (SSSR count). The average Bonchev–Trinajstić information content (AvgIpc) is 3.62. The second-order valence-electron chi connectivity index (χ2n) is 15.4. The van der Waals surface area contributed by atoms with E-state index in [9.17, 15) is 0 Å². The molecule has 4 nitrogen and oxygen atoms in total. The summed E-state index contributed by atoms with van der Waals surface area (Å²) >= 11 is 0. The number of aromatic nitrogens is 3. The van der Waals surface area contributed by atoms with Gasteiger partial charge in [-0.15, -0.1) is 0 Å². The van der Waals surface area contributed by atoms with Gasteiger partial charge in [-0.2, -0.15) is 0 Å². The first-order chi connectivity index (χ1) is 29.8. The van der Waals surface area contributed by atoms with Gasteiger partial charge in [0.1, 0.15) is 11.5 Å². The highest BCUT2D eigenvalue weighted by Gasteiger charge is 2.51. The van der Waals surface area contributed by atoms with Gasteiger partial charge in [0.25, 0.3) is 0 Å². The van der Waals surface area contributed by atoms with Crippen molar-refractivity contribution in [1.82, 2.24) is 15.0 Å². The molecule has 0 saturated carbocycles. The Morgan fingerprint density at radius 1 is 0.333 bits per heavy atom. The molecular weight excluding hydrogens is 731 g/mol. The number of para-hydroxylation sites is 3. The predicted octanol–water partition coefficient (Wildman–Crippen LogP) is 13.8. The number of benzene rings is 8. The molecule has 1 spiro atoms. The fourth-order valence-electron chi connectivity index (χ4n) is 9.56. The third-order valence-corrected chi connectivity index (χ3v) is 12.2. The van der Waals surface area contributed by atoms with E-state index in [0.29, 0.717) is 5.82 Å². The summed E-state index contributed by atoms with van der Waals surface area (Å²) in [5.41, 5.74) is 16.4. The van der Waals surface area contributed by atoms with Crippen LogP contribution in [0.4, 0.5) is 0 Å². The van der Waals surface area contributed by atoms with E-state index in [0.717, 1.165) is 84.0 Å². The van der Waals surface area contributed by atoms with Gasteiger partial charge >= 0.3 is 0 Å². The van der Waals surface area contributed by atoms with Crippen molar-refractivity contribution in [1.29, 1.82) is 0 Å². The molecule has 60 heavy (non-hydrogen) atoms. The standard InChI is InChI=1S/C56H35N3O/c1-3-16-37(17-4-1)49-35-34-40(52(57-49)38-18-5-2-6-19-38)36-30-32-39(33-31-36)53-43-22-9-13-28-50(43)58-55(59-53)44-23-15-27-48-54(44)60-51-29-14-12-26-47(51)56(48)45-24-10-7-20-41(45)42-21-8-11-25-46(42)56/h1-35H. The Bertz CT molecular complexity index is 3240. The third kappa shape index (κ3) is 5.14. The number of pyridine rings is 1. The molecule has 0 saturated heterocycles. The summed E-state index contributed by atoms with van der Waals surface area (Å²) in [4.78, 5) is 15.9. The first kappa shape index (κ1) is 34.1. The van der Waals surface area contributed by atoms with E-state index in [1.165, 1.54) is 22.3 Å². The highest BCUT2D eigenvalue weighted by atomic mass is 16.5. The monoisotopic (exact) mass is 765 g/mol. The van der Waals surface area contributed by atoms with Gasteiger partial charge in [0, 0.05) is 38.8 Å². The van der Waals surface area contributed by atoms with Gasteiger partial charge in [-0.05, 0) is 52.1 Å². The number of hydrogen-bond acceptors (Lipinski definition) is 4. The van der Waals surface area contributed by atoms with E-state index < -0.39 is 5.41 Å². The second-order valence-corrected chi connectivity index (χ2v) is 15.4. The molecule has 0 amide bonds. The Balaban J connectivity index is 1.01. The smallest absolute Gasteiger partial charge is 0.164 e. The molecule has 4 heteroatoms. The van der Waals surface area contributed by atoms with Crippen LogP contribution >= 0.6 is 0 Å². The van der Waals surface area contributed by atoms with Gasteiger partial charge in [0.05, 0.1) is 33.6 Å². The summed E-state index contributed by atoms with van der Waals surface area (Å²) < 4.78 is 7.00. The molecule has 3 heterocycles. The predicted molar refractivity (Wildman–Crippen MR) is 242 cm³/mol. The van der Waals surface area contributed by atoms with Crippen LogP contribution in [0, 0.1) is 0 Å². The maximum atomic E-state index is 7.00. The average molecular weight is 766 g/mol. The minimum absolute atomic E-state index is 0.574. The van der Waals surface area contributed by atoms with Crippen molar-refractivity contribution in [2.45, 2.75) is 5.41 Å². The van der Waals surface area contributed by atoms with Crippen molar-refractivity contribution in [2.24, 2.45) is 0 Å². The summed E-state index contributed by atoms with van der Waals surface area (Å²) in [6.07, 6.45) is 0. The number of rotatable bonds is 5. The molecular formula is C56H35N3O. The maximum absolute atomic E-state index is 7.00. The highest BCUT2D eigenvalue weighted by Crippen LogP contribution is 2.63. The van der Waals surface area contributed by atoms with Crippen molar-refractivity contribution in [3.05, 3.63) is 235 Å². The van der Waals surface area contributed by atoms with Crippen molar-refractivity contribution in [3.63, 3.8) is 0 Å². The van der Waals surface area contributed by atoms with Crippen molar-refractivity contribution >= 4 is 10.9 Å². The lowest BCUT2D eigenvalue weighted by atomic mass is 9.66. The summed E-state index contributed by atoms with van der Waals surface area (Å²) in [5, 5.41) is 0.985. The summed E-state index contributed by atoms with van der Waals surface area (Å²) in [7, 11) is 0. The SMILES string of the molecule is c1ccc(-c2ccc(-c3ccc(-c4nc(-c5cccc6c5Oc5ccccc5C65c6ccccc6-c6ccccc65)nc5ccccc45)cc3)c(-c3ccccc3)n2)cc1. The molecule has 8 aromatic carbocycles. The summed E-state index contributed by atoms with van der Waals surface area (Å²) in [5.74, 6) is 2.23. The number of hydrogen-bond donors (Lipinski definition) is 0. The van der Waals surface area contributed by atoms with Gasteiger partial charge in [0.2, 0.25) is 0 Å². The molecule has 1 aliphatic carbocycles. The van der Waals surface area contributed by atoms with Crippen molar-refractivity contribution < 1.29 is 4.74 Å². The first-order valence-electron chi connectivity index (χ1n) is 20.4. The molecule has 280 valence electrons. The number of fused-ring (bicyclic) bond motifs is 10. The lowest BCUT2D eigenvalue weighted by molar-refractivity contribution is 0.438. The van der Waals surface area contributed by atoms with Crippen LogP contribution in [-0.4, -0.2) is 15.0 Å². The number of ether oxygens (including phenoxy) is 1. The van der Waals surface area contributed by atoms with Crippen LogP contribution in [0.15, 0.2) is 212 Å². The van der Waals surface area contributed by atoms with Gasteiger partial charge in [-0.1, -0.05) is 188 Å². The fourth-order valence-corrected chi connectivity index (χ4v) is 9.56. The Morgan fingerprint density at radius 3 is 1.65 bits per heavy atom. The quantitative estimate of drug-likeness (QED) is 0.175. The summed E-state index contributed by atoms with van der Waals surface area (Å²) in [6, 6.07) is 74.6. The van der Waals surface area contributed by atoms with E-state index in [1.807, 2.05) is 18.2 Å². The second kappa shape index (κ2) is 13.6. The molecule has 0 atom stereocenters. The zero-order chi connectivity index (χ0) is 39.6. The molecule has 0 bridgehead atoms. The Morgan fingerprint density at radius 2 is 0.900 bits per heavy atom. The van der Waals surface area contributed by atoms with Crippen molar-refractivity contribution in [2.75, 3.05) is 0 Å². The molecule has 0 unspecified atom stereocenters. The zero-order valence-electron chi connectivity index (χ0n) is 32.5. The van der Waals surface area contributed by atoms with Gasteiger partial charge in [-0.25, -0.2) is 15.0 Å². The van der Waals surface area contributed by atoms with E-state index in [2.05, 4.69) is 194 Å². The Hall–Kier alpha value is -7.95. The van der Waals surface area contributed by atoms with Crippen LogP contribution in [0.25, 0.3) is 78.3 Å². The Labute approximate surface area is 348 Å². The van der Waals surface area contributed by atoms with E-state index in [4.69, 9.17) is 19.7 Å². The van der Waals surface area contributed by atoms with Crippen LogP contribution in [0.3, 0.4) is 0 Å². The topological polar surface area (TPSA) is 47.9 Å². The van der Waals surface area contributed by atoms with Gasteiger partial charge in [-0.3, -0.25) is 0 Å². The van der Waals surface area contributed by atoms with Crippen LogP contribution in [0.2, 0.25) is 0 Å². The van der Waals surface area contributed by atoms with E-state index >= 15 is 0 Å². The minimum atomic E-state index is -0.574. The van der Waals surface area contributed by atoms with Crippen LogP contribution in [0.1, 0.15) is 22.3 Å². The highest BCUT2D eigenvalue weighted by molar-refractivity contribution is 5.95. The molecule has 2 aromatic heterocycles. The molecule has 2 aliphatic rings. The Kier molecular flexibility index (Phi) is 7.72. The van der Waals surface area contributed by atoms with E-state index in [-0.39, 0.29) is 0 Å². The summed E-state index contributed by atoms with van der Waals surface area (Å²) in [6.45, 7) is 0. The lowest BCUT2D eigenvalue weighted by Crippen LogP contribution is -2.32. The molecule has 10 aromatic rings. The van der Waals surface area contributed by atoms with Crippen LogP contribution in [0.5, 0.6) is 11.5 Å². The largest absolute Gasteiger partial charge is 0.456 e. The number of nitrogens with zero attached hydrogens (tertiary/aromatic N) is 3. The molecule has 0 radical (unpaired) electrons. The molecule has 0 N–H and O–H groups in total. The molecule has 1 aliphatic heterocycles. The normalized spacial score (nSPS) is 12.9. The van der Waals surface area contributed by atoms with Gasteiger partial charge < -0.3 is 4.74 Å². The molecule has 0 fully saturated rings. The van der Waals surface area contributed by atoms with Gasteiger partial charge in [0.15, 0.2) is 5.82 Å². The van der Waals surface area contributed by atoms with E-state index in [1.54, 1.807) is 0 Å².